The van der Waals surface area contributed by atoms with Crippen LogP contribution in [0.4, 0.5) is 5.13 Å². The first-order chi connectivity index (χ1) is 15.9. The molecule has 4 atom stereocenters. The number of thiazole rings is 1. The van der Waals surface area contributed by atoms with Crippen LogP contribution in [-0.4, -0.2) is 61.9 Å². The van der Waals surface area contributed by atoms with Crippen LogP contribution in [0, 0.1) is 5.92 Å². The van der Waals surface area contributed by atoms with Gasteiger partial charge in [-0.2, -0.15) is 0 Å². The molecular weight excluding hydrogens is 442 g/mol. The zero-order chi connectivity index (χ0) is 22.5. The number of aromatic hydroxyl groups is 1. The summed E-state index contributed by atoms with van der Waals surface area (Å²) in [6.45, 7) is 1.72. The number of hydrogen-bond donors (Lipinski definition) is 4. The summed E-state index contributed by atoms with van der Waals surface area (Å²) in [6, 6.07) is 3.35. The Kier molecular flexibility index (Phi) is 3.90. The maximum atomic E-state index is 13.2. The first kappa shape index (κ1) is 19.8. The zero-order valence-corrected chi connectivity index (χ0v) is 18.8. The monoisotopic (exact) mass is 467 g/mol. The second-order valence-corrected chi connectivity index (χ2v) is 11.0. The summed E-state index contributed by atoms with van der Waals surface area (Å²) in [7, 11) is 0. The number of phenols is 1. The van der Waals surface area contributed by atoms with E-state index in [1.165, 1.54) is 24.2 Å². The smallest absolute Gasteiger partial charge is 0.257 e. The molecule has 5 aliphatic rings. The Morgan fingerprint density at radius 3 is 2.94 bits per heavy atom. The van der Waals surface area contributed by atoms with Gasteiger partial charge in [0, 0.05) is 36.1 Å². The van der Waals surface area contributed by atoms with E-state index in [1.54, 1.807) is 17.6 Å². The molecule has 3 heterocycles. The van der Waals surface area contributed by atoms with E-state index in [0.29, 0.717) is 29.6 Å². The summed E-state index contributed by atoms with van der Waals surface area (Å²) >= 11 is 1.29. The van der Waals surface area contributed by atoms with Crippen molar-refractivity contribution in [3.05, 3.63) is 46.2 Å². The first-order valence-corrected chi connectivity index (χ1v) is 12.4. The second kappa shape index (κ2) is 6.49. The molecule has 8 nitrogen and oxygen atoms in total. The fraction of sp³-hybridized carbons (Fsp3) is 0.500. The highest BCUT2D eigenvalue weighted by atomic mass is 32.1. The van der Waals surface area contributed by atoms with Crippen molar-refractivity contribution >= 4 is 22.4 Å². The Balaban J connectivity index is 1.39. The molecule has 7 rings (SSSR count). The third kappa shape index (κ3) is 2.47. The van der Waals surface area contributed by atoms with Gasteiger partial charge in [0.05, 0.1) is 16.6 Å². The fourth-order valence-electron chi connectivity index (χ4n) is 6.83. The van der Waals surface area contributed by atoms with Crippen LogP contribution in [0.2, 0.25) is 0 Å². The van der Waals surface area contributed by atoms with E-state index in [1.807, 2.05) is 6.07 Å². The van der Waals surface area contributed by atoms with Crippen LogP contribution in [0.5, 0.6) is 11.5 Å². The molecule has 0 unspecified atom stereocenters. The van der Waals surface area contributed by atoms with Gasteiger partial charge in [-0.25, -0.2) is 4.98 Å². The van der Waals surface area contributed by atoms with Crippen molar-refractivity contribution < 1.29 is 24.9 Å². The molecule has 3 aliphatic carbocycles. The summed E-state index contributed by atoms with van der Waals surface area (Å²) in [6.07, 6.45) is 4.35. The molecule has 1 saturated carbocycles. The van der Waals surface area contributed by atoms with Crippen LogP contribution in [-0.2, 0) is 16.6 Å². The van der Waals surface area contributed by atoms with Crippen molar-refractivity contribution in [2.45, 2.75) is 55.3 Å². The molecule has 9 heteroatoms. The van der Waals surface area contributed by atoms with Crippen LogP contribution < -0.4 is 10.1 Å². The molecule has 1 aromatic carbocycles. The summed E-state index contributed by atoms with van der Waals surface area (Å²) in [4.78, 5) is 19.7. The number of nitrogens with one attached hydrogen (secondary N) is 1. The zero-order valence-electron chi connectivity index (χ0n) is 18.0. The predicted molar refractivity (Wildman–Crippen MR) is 121 cm³/mol. The maximum Gasteiger partial charge on any atom is 0.257 e. The molecule has 1 saturated heterocycles. The van der Waals surface area contributed by atoms with Gasteiger partial charge in [0.25, 0.3) is 5.91 Å². The van der Waals surface area contributed by atoms with Gasteiger partial charge in [-0.1, -0.05) is 6.07 Å². The number of ether oxygens (including phenoxy) is 1. The number of piperidine rings is 1. The van der Waals surface area contributed by atoms with Gasteiger partial charge in [0.15, 0.2) is 22.7 Å². The molecule has 172 valence electrons. The highest BCUT2D eigenvalue weighted by Crippen LogP contribution is 2.66. The van der Waals surface area contributed by atoms with E-state index >= 15 is 0 Å². The van der Waals surface area contributed by atoms with Gasteiger partial charge in [-0.05, 0) is 49.8 Å². The highest BCUT2D eigenvalue weighted by Gasteiger charge is 2.73. The van der Waals surface area contributed by atoms with Crippen LogP contribution >= 0.6 is 11.3 Å². The lowest BCUT2D eigenvalue weighted by Gasteiger charge is -2.62. The molecule has 4 N–H and O–H groups in total. The summed E-state index contributed by atoms with van der Waals surface area (Å²) in [5.74, 6) is 0.354. The maximum absolute atomic E-state index is 13.2. The van der Waals surface area contributed by atoms with Gasteiger partial charge in [0.2, 0.25) is 0 Å². The second-order valence-electron chi connectivity index (χ2n) is 10.1. The van der Waals surface area contributed by atoms with Gasteiger partial charge in [-0.15, -0.1) is 11.3 Å². The molecule has 1 aromatic heterocycles. The molecule has 0 radical (unpaired) electrons. The van der Waals surface area contributed by atoms with Crippen molar-refractivity contribution in [1.82, 2.24) is 9.88 Å². The SMILES string of the molecule is O=C(Nc1nccs1)C1=C(O)[C@@H]2Oc3c(O)ccc4c3[C@@]23CCN(CC2CC2)[C@H](C4)[C@]3(O)C1. The van der Waals surface area contributed by atoms with Crippen molar-refractivity contribution in [1.29, 1.82) is 0 Å². The highest BCUT2D eigenvalue weighted by molar-refractivity contribution is 7.13. The number of phenolic OH excluding ortho intramolecular Hbond substituents is 1. The number of anilines is 1. The van der Waals surface area contributed by atoms with Crippen LogP contribution in [0.1, 0.15) is 36.8 Å². The van der Waals surface area contributed by atoms with E-state index in [2.05, 4.69) is 15.2 Å². The van der Waals surface area contributed by atoms with Crippen molar-refractivity contribution in [3.63, 3.8) is 0 Å². The van der Waals surface area contributed by atoms with Crippen LogP contribution in [0.15, 0.2) is 35.0 Å². The predicted octanol–water partition coefficient (Wildman–Crippen LogP) is 2.47. The third-order valence-corrected chi connectivity index (χ3v) is 9.13. The number of amides is 1. The number of likely N-dealkylation sites (tertiary alicyclic amines) is 1. The first-order valence-electron chi connectivity index (χ1n) is 11.5. The number of aliphatic hydroxyl groups excluding tert-OH is 1. The Morgan fingerprint density at radius 1 is 1.33 bits per heavy atom. The number of rotatable bonds is 4. The van der Waals surface area contributed by atoms with Gasteiger partial charge < -0.3 is 20.1 Å². The van der Waals surface area contributed by atoms with Crippen LogP contribution in [0.3, 0.4) is 0 Å². The van der Waals surface area contributed by atoms with Gasteiger partial charge in [0.1, 0.15) is 5.76 Å². The lowest BCUT2D eigenvalue weighted by atomic mass is 9.49. The largest absolute Gasteiger partial charge is 0.508 e. The van der Waals surface area contributed by atoms with Gasteiger partial charge in [-0.3, -0.25) is 15.0 Å². The number of hydrogen-bond acceptors (Lipinski definition) is 8. The van der Waals surface area contributed by atoms with Crippen molar-refractivity contribution in [3.8, 4) is 11.5 Å². The average molecular weight is 468 g/mol. The Hall–Kier alpha value is -2.62. The van der Waals surface area contributed by atoms with Crippen molar-refractivity contribution in [2.75, 3.05) is 18.4 Å². The number of carbonyl (C=O) groups excluding carboxylic acids is 1. The van der Waals surface area contributed by atoms with Crippen molar-refractivity contribution in [2.24, 2.45) is 5.92 Å². The van der Waals surface area contributed by atoms with E-state index in [4.69, 9.17) is 4.74 Å². The summed E-state index contributed by atoms with van der Waals surface area (Å²) < 4.78 is 6.20. The molecule has 2 aliphatic heterocycles. The van der Waals surface area contributed by atoms with Gasteiger partial charge >= 0.3 is 0 Å². The average Bonchev–Trinajstić information content (AvgIpc) is 3.31. The Labute approximate surface area is 194 Å². The Morgan fingerprint density at radius 2 is 2.18 bits per heavy atom. The van der Waals surface area contributed by atoms with E-state index < -0.39 is 23.0 Å². The van der Waals surface area contributed by atoms with E-state index in [9.17, 15) is 20.1 Å². The molecule has 1 spiro atoms. The molecular formula is C24H25N3O5S. The topological polar surface area (TPSA) is 115 Å². The number of aromatic nitrogens is 1. The summed E-state index contributed by atoms with van der Waals surface area (Å²) in [5, 5.41) is 39.4. The van der Waals surface area contributed by atoms with E-state index in [0.717, 1.165) is 24.2 Å². The Bertz CT molecular complexity index is 1210. The minimum Gasteiger partial charge on any atom is -0.508 e. The molecule has 2 aromatic rings. The number of aliphatic hydroxyl groups is 2. The van der Waals surface area contributed by atoms with Crippen LogP contribution in [0.25, 0.3) is 0 Å². The normalized spacial score (nSPS) is 34.1. The third-order valence-electron chi connectivity index (χ3n) is 8.44. The molecule has 2 fully saturated rings. The minimum absolute atomic E-state index is 0.000298. The quantitative estimate of drug-likeness (QED) is 0.546. The molecule has 1 amide bonds. The summed E-state index contributed by atoms with van der Waals surface area (Å²) in [5.41, 5.74) is -0.220. The molecule has 2 bridgehead atoms. The van der Waals surface area contributed by atoms with E-state index in [-0.39, 0.29) is 29.5 Å². The fourth-order valence-corrected chi connectivity index (χ4v) is 7.35. The lowest BCUT2D eigenvalue weighted by molar-refractivity contribution is -0.172. The minimum atomic E-state index is -1.31. The molecule has 33 heavy (non-hydrogen) atoms. The number of carbonyl (C=O) groups is 1. The number of nitrogens with zero attached hydrogens (tertiary/aromatic N) is 2. The standard InChI is InChI=1S/C24H25N3O5S/c28-15-4-3-13-9-16-24(31)10-14(21(30)26-22-25-6-8-33-22)18(29)20-23(24,17(13)19(15)32-20)5-7-27(16)11-12-1-2-12/h3-4,6,8,12,16,20,28-29,31H,1-2,5,7,9-11H2,(H,25,26,30)/t16-,20+,23+,24-/m1/s1. The lowest BCUT2D eigenvalue weighted by Crippen LogP contribution is -2.75. The number of benzene rings is 1.